The molecule has 2 N–H and O–H groups in total. The average Bonchev–Trinajstić information content (AvgIpc) is 3.74. The summed E-state index contributed by atoms with van der Waals surface area (Å²) in [5.74, 6) is 0.501. The molecule has 0 aromatic rings. The van der Waals surface area contributed by atoms with Crippen molar-refractivity contribution < 1.29 is 33.7 Å². The number of rotatable bonds is 7. The van der Waals surface area contributed by atoms with Gasteiger partial charge in [0.15, 0.2) is 0 Å². The summed E-state index contributed by atoms with van der Waals surface area (Å²) in [5, 5.41) is 13.9. The lowest BCUT2D eigenvalue weighted by Gasteiger charge is -2.72. The van der Waals surface area contributed by atoms with Gasteiger partial charge < -0.3 is 24.6 Å². The van der Waals surface area contributed by atoms with Crippen molar-refractivity contribution in [1.82, 2.24) is 10.2 Å². The molecule has 6 aliphatic carbocycles. The number of morpholine rings is 1. The smallest absolute Gasteiger partial charge is 0.407 e. The molecule has 48 heavy (non-hydrogen) atoms. The van der Waals surface area contributed by atoms with E-state index in [1.54, 1.807) is 0 Å². The molecule has 1 amide bonds. The number of amides is 1. The molecular weight excluding hydrogens is 608 g/mol. The minimum Gasteiger partial charge on any atom is -0.481 e. The lowest BCUT2D eigenvalue weighted by atomic mass is 9.32. The molecule has 0 aromatic carbocycles. The molecule has 9 nitrogen and oxygen atoms in total. The van der Waals surface area contributed by atoms with Crippen LogP contribution in [0.15, 0.2) is 0 Å². The number of nitrogens with zero attached hydrogens (tertiary/aromatic N) is 1. The molecule has 7 fully saturated rings. The summed E-state index contributed by atoms with van der Waals surface area (Å²) < 4.78 is 17.8. The Labute approximate surface area is 287 Å². The van der Waals surface area contributed by atoms with E-state index in [0.29, 0.717) is 43.9 Å². The number of carboxylic acid groups (broad SMARTS) is 1. The Morgan fingerprint density at radius 2 is 1.58 bits per heavy atom. The van der Waals surface area contributed by atoms with E-state index in [0.717, 1.165) is 77.3 Å². The normalized spacial score (nSPS) is 45.8. The van der Waals surface area contributed by atoms with Crippen molar-refractivity contribution in [3.8, 4) is 0 Å². The molecule has 270 valence electrons. The molecule has 7 aliphatic rings. The maximum absolute atomic E-state index is 13.3. The summed E-state index contributed by atoms with van der Waals surface area (Å²) in [7, 11) is 0. The van der Waals surface area contributed by atoms with Gasteiger partial charge in [0.05, 0.1) is 25.2 Å². The van der Waals surface area contributed by atoms with E-state index in [1.807, 2.05) is 6.92 Å². The molecule has 0 bridgehead atoms. The fourth-order valence-electron chi connectivity index (χ4n) is 13.6. The molecular formula is C39H62N2O7. The van der Waals surface area contributed by atoms with E-state index < -0.39 is 11.4 Å². The number of aliphatic carboxylic acids is 1. The van der Waals surface area contributed by atoms with Crippen molar-refractivity contribution in [3.63, 3.8) is 0 Å². The molecule has 7 rings (SSSR count). The summed E-state index contributed by atoms with van der Waals surface area (Å²) in [4.78, 5) is 41.2. The van der Waals surface area contributed by atoms with Gasteiger partial charge in [0.25, 0.3) is 0 Å². The predicted molar refractivity (Wildman–Crippen MR) is 181 cm³/mol. The maximum atomic E-state index is 13.3. The van der Waals surface area contributed by atoms with Gasteiger partial charge in [-0.3, -0.25) is 14.5 Å². The van der Waals surface area contributed by atoms with Gasteiger partial charge in [-0.15, -0.1) is 0 Å². The van der Waals surface area contributed by atoms with E-state index in [9.17, 15) is 19.5 Å². The maximum Gasteiger partial charge on any atom is 0.407 e. The SMILES string of the molecule is C[C@H](OC(=O)CN1CCOCC1)[C@@H]1CC[C@]2(C(=O)O)CC[C@]3(C)C(CCC4[C@@]5(C)CC[C@@H](OC(=O)NC6CC6)C(C)(C)C5CC[C@]43C)C12. The van der Waals surface area contributed by atoms with Crippen LogP contribution in [0.25, 0.3) is 0 Å². The Kier molecular flexibility index (Phi) is 8.74. The quantitative estimate of drug-likeness (QED) is 0.289. The third-order valence-electron chi connectivity index (χ3n) is 16.4. The summed E-state index contributed by atoms with van der Waals surface area (Å²) >= 11 is 0. The fourth-order valence-corrected chi connectivity index (χ4v) is 13.6. The Morgan fingerprint density at radius 1 is 0.854 bits per heavy atom. The topological polar surface area (TPSA) is 114 Å². The second-order valence-corrected chi connectivity index (χ2v) is 18.6. The van der Waals surface area contributed by atoms with Gasteiger partial charge >= 0.3 is 18.0 Å². The van der Waals surface area contributed by atoms with Gasteiger partial charge in [-0.25, -0.2) is 4.79 Å². The van der Waals surface area contributed by atoms with Crippen LogP contribution in [0.1, 0.15) is 119 Å². The van der Waals surface area contributed by atoms with Gasteiger partial charge in [-0.2, -0.15) is 0 Å². The van der Waals surface area contributed by atoms with Crippen LogP contribution in [0.5, 0.6) is 0 Å². The molecule has 0 radical (unpaired) electrons. The number of nitrogens with one attached hydrogen (secondary N) is 1. The molecule has 1 saturated heterocycles. The highest BCUT2D eigenvalue weighted by molar-refractivity contribution is 5.76. The monoisotopic (exact) mass is 670 g/mol. The van der Waals surface area contributed by atoms with Crippen LogP contribution in [0.2, 0.25) is 0 Å². The second kappa shape index (κ2) is 12.1. The van der Waals surface area contributed by atoms with Crippen LogP contribution in [0, 0.1) is 56.7 Å². The molecule has 9 heteroatoms. The van der Waals surface area contributed by atoms with E-state index in [-0.39, 0.29) is 70.2 Å². The molecule has 6 saturated carbocycles. The second-order valence-electron chi connectivity index (χ2n) is 18.6. The van der Waals surface area contributed by atoms with Crippen molar-refractivity contribution in [3.05, 3.63) is 0 Å². The molecule has 0 aromatic heterocycles. The zero-order valence-electron chi connectivity index (χ0n) is 30.5. The number of ether oxygens (including phenoxy) is 3. The first-order valence-corrected chi connectivity index (χ1v) is 19.4. The van der Waals surface area contributed by atoms with E-state index >= 15 is 0 Å². The van der Waals surface area contributed by atoms with E-state index in [2.05, 4.69) is 44.8 Å². The lowest BCUT2D eigenvalue weighted by molar-refractivity contribution is -0.250. The zero-order valence-corrected chi connectivity index (χ0v) is 30.5. The van der Waals surface area contributed by atoms with Crippen molar-refractivity contribution in [2.24, 2.45) is 56.7 Å². The number of alkyl carbamates (subject to hydrolysis) is 1. The number of carbonyl (C=O) groups is 3. The average molecular weight is 671 g/mol. The standard InChI is InChI=1S/C39H62N2O7/c1-24(47-31(42)23-41-19-21-46-22-20-41)26-11-16-39(33(43)44)18-17-37(5)27(32(26)39)9-10-29-36(4)14-13-30(48-34(45)40-25-7-8-25)35(2,3)28(36)12-15-38(29,37)6/h24-30,32H,7-23H2,1-6H3,(H,40,45)(H,43,44)/t24-,26-,27?,28?,29?,30+,32?,36-,37+,38+,39-/m0/s1. The summed E-state index contributed by atoms with van der Waals surface area (Å²) in [6.45, 7) is 17.3. The fraction of sp³-hybridized carbons (Fsp3) is 0.923. The Balaban J connectivity index is 1.12. The summed E-state index contributed by atoms with van der Waals surface area (Å²) in [6, 6.07) is 0.292. The summed E-state index contributed by atoms with van der Waals surface area (Å²) in [6.07, 6.45) is 10.9. The van der Waals surface area contributed by atoms with Crippen molar-refractivity contribution >= 4 is 18.0 Å². The number of esters is 1. The zero-order chi connectivity index (χ0) is 34.3. The molecule has 0 spiro atoms. The number of carboxylic acids is 1. The highest BCUT2D eigenvalue weighted by atomic mass is 16.6. The van der Waals surface area contributed by atoms with Crippen molar-refractivity contribution in [2.45, 2.75) is 137 Å². The highest BCUT2D eigenvalue weighted by Crippen LogP contribution is 2.77. The van der Waals surface area contributed by atoms with Gasteiger partial charge in [0.2, 0.25) is 0 Å². The molecule has 4 unspecified atom stereocenters. The number of carbonyl (C=O) groups excluding carboxylic acids is 2. The van der Waals surface area contributed by atoms with Gasteiger partial charge in [-0.05, 0) is 130 Å². The molecule has 11 atom stereocenters. The Morgan fingerprint density at radius 3 is 2.27 bits per heavy atom. The molecule has 1 heterocycles. The minimum atomic E-state index is -0.734. The third-order valence-corrected chi connectivity index (χ3v) is 16.4. The van der Waals surface area contributed by atoms with Crippen LogP contribution >= 0.6 is 0 Å². The number of hydrogen-bond acceptors (Lipinski definition) is 7. The third kappa shape index (κ3) is 5.33. The molecule has 1 aliphatic heterocycles. The van der Waals surface area contributed by atoms with Crippen molar-refractivity contribution in [1.29, 1.82) is 0 Å². The predicted octanol–water partition coefficient (Wildman–Crippen LogP) is 6.67. The largest absolute Gasteiger partial charge is 0.481 e. The van der Waals surface area contributed by atoms with Gasteiger partial charge in [0.1, 0.15) is 12.2 Å². The van der Waals surface area contributed by atoms with Gasteiger partial charge in [0, 0.05) is 24.5 Å². The van der Waals surface area contributed by atoms with Crippen molar-refractivity contribution in [2.75, 3.05) is 32.8 Å². The van der Waals surface area contributed by atoms with Crippen LogP contribution in [-0.2, 0) is 23.8 Å². The van der Waals surface area contributed by atoms with Crippen LogP contribution in [0.3, 0.4) is 0 Å². The lowest BCUT2D eigenvalue weighted by Crippen LogP contribution is -2.67. The highest BCUT2D eigenvalue weighted by Gasteiger charge is 2.72. The van der Waals surface area contributed by atoms with Crippen LogP contribution < -0.4 is 5.32 Å². The number of hydrogen-bond donors (Lipinski definition) is 2. The van der Waals surface area contributed by atoms with Gasteiger partial charge in [-0.1, -0.05) is 34.6 Å². The first-order valence-electron chi connectivity index (χ1n) is 19.4. The number of fused-ring (bicyclic) bond motifs is 7. The Hall–Kier alpha value is -1.87. The van der Waals surface area contributed by atoms with E-state index in [1.165, 1.54) is 0 Å². The van der Waals surface area contributed by atoms with Crippen LogP contribution in [-0.4, -0.2) is 79.1 Å². The first-order chi connectivity index (χ1) is 22.7. The van der Waals surface area contributed by atoms with Crippen LogP contribution in [0.4, 0.5) is 4.79 Å². The Bertz CT molecular complexity index is 1280. The summed E-state index contributed by atoms with van der Waals surface area (Å²) in [5.41, 5.74) is -0.620. The minimum absolute atomic E-state index is 0.00815. The van der Waals surface area contributed by atoms with E-state index in [4.69, 9.17) is 14.2 Å². The first kappa shape index (κ1) is 34.6.